The van der Waals surface area contributed by atoms with Gasteiger partial charge in [0.2, 0.25) is 0 Å². The zero-order valence-corrected chi connectivity index (χ0v) is 65.1. The summed E-state index contributed by atoms with van der Waals surface area (Å²) in [5.74, 6) is -0.816. The molecular weight excluding hydrogens is 1240 g/mol. The zero-order chi connectivity index (χ0) is 71.5. The van der Waals surface area contributed by atoms with Gasteiger partial charge in [0, 0.05) is 19.4 Å². The van der Waals surface area contributed by atoms with Crippen LogP contribution in [0.3, 0.4) is 0 Å². The number of rotatable bonds is 77. The molecule has 2 unspecified atom stereocenters. The van der Waals surface area contributed by atoms with Gasteiger partial charge < -0.3 is 20.1 Å². The van der Waals surface area contributed by atoms with Crippen molar-refractivity contribution in [3.05, 3.63) is 146 Å². The molecule has 0 saturated carbocycles. The van der Waals surface area contributed by atoms with E-state index in [9.17, 15) is 19.0 Å². The van der Waals surface area contributed by atoms with Crippen LogP contribution in [0.4, 0.5) is 0 Å². The minimum Gasteiger partial charge on any atom is -0.462 e. The van der Waals surface area contributed by atoms with Crippen LogP contribution in [0.15, 0.2) is 146 Å². The largest absolute Gasteiger partial charge is 0.472 e. The second kappa shape index (κ2) is 82.8. The lowest BCUT2D eigenvalue weighted by Gasteiger charge is -2.19. The van der Waals surface area contributed by atoms with Crippen LogP contribution in [-0.4, -0.2) is 49.3 Å². The predicted molar refractivity (Wildman–Crippen MR) is 431 cm³/mol. The Morgan fingerprint density at radius 1 is 0.303 bits per heavy atom. The van der Waals surface area contributed by atoms with Crippen LogP contribution >= 0.6 is 7.82 Å². The number of allylic oxidation sites excluding steroid dienone is 24. The lowest BCUT2D eigenvalue weighted by Crippen LogP contribution is -2.29. The van der Waals surface area contributed by atoms with Gasteiger partial charge in [-0.15, -0.1) is 0 Å². The number of hydrogen-bond donors (Lipinski definition) is 2. The highest BCUT2D eigenvalue weighted by Crippen LogP contribution is 2.43. The number of carbonyl (C=O) groups is 2. The molecule has 0 bridgehead atoms. The first-order valence-corrected chi connectivity index (χ1v) is 42.8. The maximum absolute atomic E-state index is 12.8. The third-order valence-corrected chi connectivity index (χ3v) is 18.7. The molecule has 0 aliphatic carbocycles. The van der Waals surface area contributed by atoms with Gasteiger partial charge in [-0.25, -0.2) is 4.57 Å². The molecule has 0 aromatic heterocycles. The quantitative estimate of drug-likeness (QED) is 0.0264. The summed E-state index contributed by atoms with van der Waals surface area (Å²) in [7, 11) is -4.40. The van der Waals surface area contributed by atoms with Crippen molar-refractivity contribution in [3.8, 4) is 0 Å². The van der Waals surface area contributed by atoms with Crippen LogP contribution in [0.2, 0.25) is 0 Å². The lowest BCUT2D eigenvalue weighted by atomic mass is 10.0. The number of phosphoric acid groups is 1. The summed E-state index contributed by atoms with van der Waals surface area (Å²) in [5, 5.41) is 0. The van der Waals surface area contributed by atoms with Crippen molar-refractivity contribution >= 4 is 19.8 Å². The van der Waals surface area contributed by atoms with Crippen LogP contribution in [0, 0.1) is 0 Å². The second-order valence-electron chi connectivity index (χ2n) is 27.2. The molecule has 0 aliphatic heterocycles. The van der Waals surface area contributed by atoms with E-state index in [2.05, 4.69) is 160 Å². The molecule has 0 spiro atoms. The van der Waals surface area contributed by atoms with Gasteiger partial charge in [-0.3, -0.25) is 18.6 Å². The maximum atomic E-state index is 12.8. The second-order valence-corrected chi connectivity index (χ2v) is 28.7. The van der Waals surface area contributed by atoms with E-state index in [-0.39, 0.29) is 38.6 Å². The molecule has 0 heterocycles. The van der Waals surface area contributed by atoms with E-state index in [1.165, 1.54) is 225 Å². The highest BCUT2D eigenvalue weighted by atomic mass is 31.2. The molecular formula is C89H154NO8P. The Balaban J connectivity index is 3.79. The minimum atomic E-state index is -4.40. The average molecular weight is 1400 g/mol. The summed E-state index contributed by atoms with van der Waals surface area (Å²) in [6, 6.07) is 0. The molecule has 568 valence electrons. The molecule has 0 aromatic rings. The van der Waals surface area contributed by atoms with Crippen LogP contribution in [0.25, 0.3) is 0 Å². The summed E-state index contributed by atoms with van der Waals surface area (Å²) in [4.78, 5) is 35.5. The summed E-state index contributed by atoms with van der Waals surface area (Å²) in [6.45, 7) is 3.56. The number of ether oxygens (including phenoxy) is 2. The van der Waals surface area contributed by atoms with Crippen LogP contribution in [0.5, 0.6) is 0 Å². The van der Waals surface area contributed by atoms with E-state index in [4.69, 9.17) is 24.3 Å². The van der Waals surface area contributed by atoms with Crippen molar-refractivity contribution in [1.82, 2.24) is 0 Å². The highest BCUT2D eigenvalue weighted by molar-refractivity contribution is 7.47. The summed E-state index contributed by atoms with van der Waals surface area (Å²) in [6.07, 6.45) is 120. The Hall–Kier alpha value is -4.11. The maximum Gasteiger partial charge on any atom is 0.472 e. The van der Waals surface area contributed by atoms with E-state index in [0.29, 0.717) is 6.42 Å². The summed E-state index contributed by atoms with van der Waals surface area (Å²) >= 11 is 0. The molecule has 3 N–H and O–H groups in total. The molecule has 2 atom stereocenters. The molecule has 0 rings (SSSR count). The van der Waals surface area contributed by atoms with Gasteiger partial charge in [0.05, 0.1) is 13.2 Å². The van der Waals surface area contributed by atoms with Crippen LogP contribution in [0.1, 0.15) is 373 Å². The first kappa shape index (κ1) is 94.9. The van der Waals surface area contributed by atoms with Crippen molar-refractivity contribution < 1.29 is 37.6 Å². The smallest absolute Gasteiger partial charge is 0.462 e. The van der Waals surface area contributed by atoms with Gasteiger partial charge in [0.25, 0.3) is 0 Å². The number of phosphoric ester groups is 1. The van der Waals surface area contributed by atoms with Gasteiger partial charge in [0.15, 0.2) is 6.10 Å². The van der Waals surface area contributed by atoms with Crippen molar-refractivity contribution in [3.63, 3.8) is 0 Å². The first-order chi connectivity index (χ1) is 48.8. The topological polar surface area (TPSA) is 134 Å². The molecule has 0 fully saturated rings. The Morgan fingerprint density at radius 3 is 0.778 bits per heavy atom. The fraction of sp³-hybridized carbons (Fsp3) is 0.708. The highest BCUT2D eigenvalue weighted by Gasteiger charge is 2.26. The average Bonchev–Trinajstić information content (AvgIpc) is 1.64. The Bertz CT molecular complexity index is 2150. The van der Waals surface area contributed by atoms with Crippen LogP contribution < -0.4 is 5.73 Å². The van der Waals surface area contributed by atoms with Gasteiger partial charge >= 0.3 is 19.8 Å². The van der Waals surface area contributed by atoms with Crippen molar-refractivity contribution in [2.24, 2.45) is 5.73 Å². The molecule has 99 heavy (non-hydrogen) atoms. The van der Waals surface area contributed by atoms with Crippen LogP contribution in [-0.2, 0) is 32.7 Å². The van der Waals surface area contributed by atoms with E-state index in [1.807, 2.05) is 0 Å². The van der Waals surface area contributed by atoms with E-state index < -0.39 is 26.5 Å². The van der Waals surface area contributed by atoms with Gasteiger partial charge in [-0.05, 0) is 116 Å². The molecule has 10 heteroatoms. The SMILES string of the molecule is CC/C=C\C/C=C\C/C=C\C/C=C\C/C=C\C/C=C\C/C=C\CCCCCCCCCCCCCCCCCC(=O)OC(COC(=O)CCCCCCCCCCCCCCCCCCCCCCCCCCC/C=C\C/C=C\C/C=C\C/C=C\C/C=C\CC)COP(=O)(O)OCCN. The molecule has 0 radical (unpaired) electrons. The number of esters is 2. The van der Waals surface area contributed by atoms with Crippen molar-refractivity contribution in [2.45, 2.75) is 380 Å². The molecule has 0 saturated heterocycles. The minimum absolute atomic E-state index is 0.0507. The van der Waals surface area contributed by atoms with Gasteiger partial charge in [-0.2, -0.15) is 0 Å². The predicted octanol–water partition coefficient (Wildman–Crippen LogP) is 28.1. The van der Waals surface area contributed by atoms with Crippen molar-refractivity contribution in [2.75, 3.05) is 26.4 Å². The third-order valence-electron chi connectivity index (χ3n) is 17.7. The van der Waals surface area contributed by atoms with Crippen molar-refractivity contribution in [1.29, 1.82) is 0 Å². The monoisotopic (exact) mass is 1400 g/mol. The van der Waals surface area contributed by atoms with E-state index in [1.54, 1.807) is 0 Å². The zero-order valence-electron chi connectivity index (χ0n) is 64.2. The number of hydrogen-bond acceptors (Lipinski definition) is 8. The number of nitrogens with two attached hydrogens (primary N) is 1. The Labute approximate surface area is 611 Å². The molecule has 0 aromatic carbocycles. The normalized spacial score (nSPS) is 13.6. The molecule has 9 nitrogen and oxygen atoms in total. The summed E-state index contributed by atoms with van der Waals surface area (Å²) < 4.78 is 33.3. The van der Waals surface area contributed by atoms with Gasteiger partial charge in [0.1, 0.15) is 6.61 Å². The Morgan fingerprint density at radius 2 is 0.525 bits per heavy atom. The number of carbonyl (C=O) groups excluding carboxylic acids is 2. The molecule has 0 aliphatic rings. The van der Waals surface area contributed by atoms with E-state index >= 15 is 0 Å². The Kier molecular flexibility index (Phi) is 79.4. The first-order valence-electron chi connectivity index (χ1n) is 41.3. The lowest BCUT2D eigenvalue weighted by molar-refractivity contribution is -0.161. The summed E-state index contributed by atoms with van der Waals surface area (Å²) in [5.41, 5.74) is 5.42. The number of unbranched alkanes of at least 4 members (excludes halogenated alkanes) is 40. The fourth-order valence-electron chi connectivity index (χ4n) is 11.7. The van der Waals surface area contributed by atoms with Gasteiger partial charge in [-0.1, -0.05) is 391 Å². The third kappa shape index (κ3) is 82.7. The van der Waals surface area contributed by atoms with E-state index in [0.717, 1.165) is 116 Å². The standard InChI is InChI=1S/C89H154NO8P/c1-3-5-7-9-11-13-15-17-19-21-23-25-27-29-31-33-35-37-39-41-42-43-44-46-47-49-51-53-55-57-59-61-63-65-67-69-71-73-75-77-79-81-88(91)95-85-87(86-97-99(93,94)96-84-83-90)98-89(92)82-80-78-76-74-72-70-68-66-64-62-60-58-56-54-52-50-48-45-40-38-36-34-32-30-28-26-24-22-20-18-16-14-12-10-8-6-4-2/h5-8,11-14,17-20,23-26,29-32,36,38,45,48,87H,3-4,9-10,15-16,21-22,27-28,33-35,37,39-44,46-47,49-86,90H2,1-2H3,(H,93,94)/b7-5-,8-6-,13-11-,14-12-,19-17-,20-18-,25-23-,26-24-,31-29-,32-30-,38-36-,48-45-. The fourth-order valence-corrected chi connectivity index (χ4v) is 12.5. The molecule has 0 amide bonds.